The van der Waals surface area contributed by atoms with E-state index in [1.54, 1.807) is 12.2 Å². The van der Waals surface area contributed by atoms with Crippen molar-refractivity contribution in [2.45, 2.75) is 0 Å². The highest BCUT2D eigenvalue weighted by Crippen LogP contribution is 2.32. The molecule has 0 saturated heterocycles. The molecule has 0 amide bonds. The molecule has 0 bridgehead atoms. The quantitative estimate of drug-likeness (QED) is 0.625. The second-order valence-electron chi connectivity index (χ2n) is 3.79. The second kappa shape index (κ2) is 4.66. The van der Waals surface area contributed by atoms with E-state index in [2.05, 4.69) is 0 Å². The van der Waals surface area contributed by atoms with Gasteiger partial charge in [0.2, 0.25) is 6.79 Å². The first kappa shape index (κ1) is 11.0. The van der Waals surface area contributed by atoms with Gasteiger partial charge in [-0.15, -0.1) is 11.3 Å². The largest absolute Gasteiger partial charge is 0.454 e. The monoisotopic (exact) mass is 258 g/mol. The van der Waals surface area contributed by atoms with Crippen molar-refractivity contribution in [2.75, 3.05) is 6.79 Å². The molecule has 0 unspecified atom stereocenters. The van der Waals surface area contributed by atoms with Crippen molar-refractivity contribution in [1.82, 2.24) is 0 Å². The molecular formula is C14H10O3S. The molecule has 0 fully saturated rings. The highest BCUT2D eigenvalue weighted by atomic mass is 32.1. The highest BCUT2D eigenvalue weighted by molar-refractivity contribution is 7.12. The summed E-state index contributed by atoms with van der Waals surface area (Å²) >= 11 is 1.44. The lowest BCUT2D eigenvalue weighted by atomic mass is 10.1. The van der Waals surface area contributed by atoms with Crippen molar-refractivity contribution in [1.29, 1.82) is 0 Å². The van der Waals surface area contributed by atoms with Crippen LogP contribution in [0.2, 0.25) is 0 Å². The predicted octanol–water partition coefficient (Wildman–Crippen LogP) is 3.37. The third kappa shape index (κ3) is 2.15. The number of ketones is 1. The van der Waals surface area contributed by atoms with Gasteiger partial charge in [-0.1, -0.05) is 18.2 Å². The van der Waals surface area contributed by atoms with Crippen LogP contribution in [0.15, 0.2) is 41.8 Å². The summed E-state index contributed by atoms with van der Waals surface area (Å²) in [5.41, 5.74) is 0.921. The van der Waals surface area contributed by atoms with E-state index in [0.29, 0.717) is 0 Å². The molecule has 3 nitrogen and oxygen atoms in total. The van der Waals surface area contributed by atoms with Gasteiger partial charge in [-0.25, -0.2) is 0 Å². The zero-order valence-electron chi connectivity index (χ0n) is 9.46. The smallest absolute Gasteiger partial charge is 0.231 e. The van der Waals surface area contributed by atoms with Gasteiger partial charge in [-0.2, -0.15) is 0 Å². The van der Waals surface area contributed by atoms with Crippen LogP contribution in [0.3, 0.4) is 0 Å². The summed E-state index contributed by atoms with van der Waals surface area (Å²) in [6.45, 7) is 0.261. The van der Waals surface area contributed by atoms with Crippen LogP contribution in [0.25, 0.3) is 6.08 Å². The van der Waals surface area contributed by atoms with Crippen molar-refractivity contribution < 1.29 is 14.3 Å². The van der Waals surface area contributed by atoms with E-state index in [0.717, 1.165) is 21.9 Å². The van der Waals surface area contributed by atoms with Crippen LogP contribution in [0.1, 0.15) is 15.2 Å². The molecular weight excluding hydrogens is 248 g/mol. The molecule has 4 heteroatoms. The molecule has 2 heterocycles. The molecule has 1 aliphatic rings. The van der Waals surface area contributed by atoms with Crippen LogP contribution in [0, 0.1) is 0 Å². The fraction of sp³-hybridized carbons (Fsp3) is 0.0714. The van der Waals surface area contributed by atoms with Gasteiger partial charge in [0.1, 0.15) is 0 Å². The Kier molecular flexibility index (Phi) is 2.86. The Morgan fingerprint density at radius 2 is 2.11 bits per heavy atom. The van der Waals surface area contributed by atoms with Gasteiger partial charge in [-0.3, -0.25) is 4.79 Å². The SMILES string of the molecule is O=C(C=Cc1ccc2c(c1)OCO2)c1cccs1. The van der Waals surface area contributed by atoms with Gasteiger partial charge >= 0.3 is 0 Å². The van der Waals surface area contributed by atoms with Crippen LogP contribution in [-0.4, -0.2) is 12.6 Å². The maximum Gasteiger partial charge on any atom is 0.231 e. The third-order valence-corrected chi connectivity index (χ3v) is 3.47. The number of carbonyl (C=O) groups is 1. The van der Waals surface area contributed by atoms with Crippen molar-refractivity contribution in [3.63, 3.8) is 0 Å². The van der Waals surface area contributed by atoms with Gasteiger partial charge < -0.3 is 9.47 Å². The number of rotatable bonds is 3. The van der Waals surface area contributed by atoms with E-state index < -0.39 is 0 Å². The summed E-state index contributed by atoms with van der Waals surface area (Å²) in [6.07, 6.45) is 3.35. The Bertz CT molecular complexity index is 600. The standard InChI is InChI=1S/C14H10O3S/c15-11(14-2-1-7-18-14)5-3-10-4-6-12-13(8-10)17-9-16-12/h1-8H,9H2. The van der Waals surface area contributed by atoms with Gasteiger partial charge in [0.15, 0.2) is 17.3 Å². The second-order valence-corrected chi connectivity index (χ2v) is 4.74. The van der Waals surface area contributed by atoms with Crippen LogP contribution >= 0.6 is 11.3 Å². The number of fused-ring (bicyclic) bond motifs is 1. The molecule has 2 aromatic rings. The van der Waals surface area contributed by atoms with E-state index >= 15 is 0 Å². The van der Waals surface area contributed by atoms with Crippen molar-refractivity contribution in [2.24, 2.45) is 0 Å². The summed E-state index contributed by atoms with van der Waals surface area (Å²) in [5, 5.41) is 1.89. The summed E-state index contributed by atoms with van der Waals surface area (Å²) in [5.74, 6) is 1.49. The molecule has 0 radical (unpaired) electrons. The Morgan fingerprint density at radius 3 is 2.94 bits per heavy atom. The summed E-state index contributed by atoms with van der Waals surface area (Å²) in [4.78, 5) is 12.5. The fourth-order valence-corrected chi connectivity index (χ4v) is 2.33. The first-order chi connectivity index (χ1) is 8.83. The minimum absolute atomic E-state index is 0.0164. The maximum atomic E-state index is 11.8. The van der Waals surface area contributed by atoms with Crippen molar-refractivity contribution in [3.05, 3.63) is 52.2 Å². The lowest BCUT2D eigenvalue weighted by Crippen LogP contribution is -1.92. The van der Waals surface area contributed by atoms with Crippen molar-refractivity contribution in [3.8, 4) is 11.5 Å². The Hall–Kier alpha value is -2.07. The number of benzene rings is 1. The Morgan fingerprint density at radius 1 is 1.22 bits per heavy atom. The molecule has 90 valence electrons. The lowest BCUT2D eigenvalue weighted by molar-refractivity contribution is 0.105. The van der Waals surface area contributed by atoms with Gasteiger partial charge in [0, 0.05) is 0 Å². The number of ether oxygens (including phenoxy) is 2. The summed E-state index contributed by atoms with van der Waals surface area (Å²) in [7, 11) is 0. The van der Waals surface area contributed by atoms with E-state index in [9.17, 15) is 4.79 Å². The molecule has 1 aliphatic heterocycles. The van der Waals surface area contributed by atoms with E-state index in [-0.39, 0.29) is 12.6 Å². The van der Waals surface area contributed by atoms with E-state index in [4.69, 9.17) is 9.47 Å². The fourth-order valence-electron chi connectivity index (χ4n) is 1.69. The number of allylic oxidation sites excluding steroid dienone is 1. The zero-order valence-corrected chi connectivity index (χ0v) is 10.3. The lowest BCUT2D eigenvalue weighted by Gasteiger charge is -1.97. The van der Waals surface area contributed by atoms with Gasteiger partial charge in [0.25, 0.3) is 0 Å². The van der Waals surface area contributed by atoms with Crippen LogP contribution in [-0.2, 0) is 0 Å². The minimum Gasteiger partial charge on any atom is -0.454 e. The molecule has 0 aliphatic carbocycles. The normalized spacial score (nSPS) is 13.1. The molecule has 0 spiro atoms. The zero-order chi connectivity index (χ0) is 12.4. The minimum atomic E-state index is 0.0164. The third-order valence-electron chi connectivity index (χ3n) is 2.59. The first-order valence-electron chi connectivity index (χ1n) is 5.48. The average molecular weight is 258 g/mol. The molecule has 1 aromatic heterocycles. The Labute approximate surface area is 108 Å². The number of hydrogen-bond acceptors (Lipinski definition) is 4. The first-order valence-corrected chi connectivity index (χ1v) is 6.36. The average Bonchev–Trinajstić information content (AvgIpc) is 3.05. The van der Waals surface area contributed by atoms with Crippen LogP contribution < -0.4 is 9.47 Å². The molecule has 0 atom stereocenters. The Balaban J connectivity index is 1.78. The van der Waals surface area contributed by atoms with Crippen LogP contribution in [0.4, 0.5) is 0 Å². The topological polar surface area (TPSA) is 35.5 Å². The molecule has 1 aromatic carbocycles. The summed E-state index contributed by atoms with van der Waals surface area (Å²) in [6, 6.07) is 9.28. The molecule has 0 saturated carbocycles. The highest BCUT2D eigenvalue weighted by Gasteiger charge is 2.12. The predicted molar refractivity (Wildman–Crippen MR) is 70.2 cm³/mol. The number of thiophene rings is 1. The number of hydrogen-bond donors (Lipinski definition) is 0. The molecule has 18 heavy (non-hydrogen) atoms. The van der Waals surface area contributed by atoms with Gasteiger partial charge in [0.05, 0.1) is 4.88 Å². The van der Waals surface area contributed by atoms with E-state index in [1.807, 2.05) is 35.7 Å². The van der Waals surface area contributed by atoms with E-state index in [1.165, 1.54) is 11.3 Å². The van der Waals surface area contributed by atoms with Crippen molar-refractivity contribution >= 4 is 23.2 Å². The number of carbonyl (C=O) groups excluding carboxylic acids is 1. The molecule has 3 rings (SSSR count). The summed E-state index contributed by atoms with van der Waals surface area (Å²) < 4.78 is 10.5. The van der Waals surface area contributed by atoms with Crippen LogP contribution in [0.5, 0.6) is 11.5 Å². The maximum absolute atomic E-state index is 11.8. The molecule has 0 N–H and O–H groups in total. The van der Waals surface area contributed by atoms with Gasteiger partial charge in [-0.05, 0) is 35.2 Å².